The van der Waals surface area contributed by atoms with E-state index in [-0.39, 0.29) is 5.91 Å². The van der Waals surface area contributed by atoms with Crippen molar-refractivity contribution in [1.29, 1.82) is 0 Å². The van der Waals surface area contributed by atoms with Gasteiger partial charge in [-0.1, -0.05) is 0 Å². The van der Waals surface area contributed by atoms with Gasteiger partial charge in [-0.15, -0.1) is 11.3 Å². The van der Waals surface area contributed by atoms with E-state index < -0.39 is 0 Å². The molecule has 7 heteroatoms. The van der Waals surface area contributed by atoms with Crippen molar-refractivity contribution >= 4 is 17.2 Å². The largest absolute Gasteiger partial charge is 0.376 e. The van der Waals surface area contributed by atoms with Crippen LogP contribution in [0.1, 0.15) is 20.8 Å². The van der Waals surface area contributed by atoms with Gasteiger partial charge in [0.2, 0.25) is 0 Å². The summed E-state index contributed by atoms with van der Waals surface area (Å²) in [7, 11) is 0. The average molecular weight is 358 g/mol. The summed E-state index contributed by atoms with van der Waals surface area (Å²) in [6.07, 6.45) is 3.32. The van der Waals surface area contributed by atoms with Crippen LogP contribution in [0.3, 0.4) is 0 Å². The molecule has 132 valence electrons. The zero-order chi connectivity index (χ0) is 17.2. The monoisotopic (exact) mass is 358 g/mol. The topological polar surface area (TPSA) is 67.4 Å². The van der Waals surface area contributed by atoms with Crippen molar-refractivity contribution < 1.29 is 9.53 Å². The second kappa shape index (κ2) is 7.19. The predicted octanol–water partition coefficient (Wildman–Crippen LogP) is 1.72. The summed E-state index contributed by atoms with van der Waals surface area (Å²) < 4.78 is 6.00. The number of nitrogens with zero attached hydrogens (tertiary/aromatic N) is 3. The molecule has 4 heterocycles. The first kappa shape index (κ1) is 16.6. The predicted molar refractivity (Wildman–Crippen MR) is 95.4 cm³/mol. The number of carbonyl (C=O) groups excluding carboxylic acids is 1. The minimum absolute atomic E-state index is 0.0950. The molecule has 0 aliphatic carbocycles. The van der Waals surface area contributed by atoms with Crippen molar-refractivity contribution in [2.45, 2.75) is 19.6 Å². The van der Waals surface area contributed by atoms with E-state index >= 15 is 0 Å². The van der Waals surface area contributed by atoms with Gasteiger partial charge in [-0.05, 0) is 30.0 Å². The molecule has 6 nitrogen and oxygen atoms in total. The van der Waals surface area contributed by atoms with Gasteiger partial charge in [0.05, 0.1) is 30.7 Å². The highest BCUT2D eigenvalue weighted by Gasteiger charge is 2.43. The fourth-order valence-electron chi connectivity index (χ4n) is 3.74. The zero-order valence-corrected chi connectivity index (χ0v) is 15.0. The van der Waals surface area contributed by atoms with Crippen molar-refractivity contribution in [2.24, 2.45) is 11.8 Å². The number of amides is 1. The van der Waals surface area contributed by atoms with E-state index in [2.05, 4.69) is 38.8 Å². The number of aryl methyl sites for hydroxylation is 1. The molecule has 25 heavy (non-hydrogen) atoms. The molecule has 0 unspecified atom stereocenters. The Balaban J connectivity index is 1.31. The van der Waals surface area contributed by atoms with E-state index in [1.54, 1.807) is 6.07 Å². The number of nitrogens with one attached hydrogen (secondary N) is 1. The maximum atomic E-state index is 12.2. The molecule has 2 aromatic rings. The number of fused-ring (bicyclic) bond motifs is 1. The van der Waals surface area contributed by atoms with Crippen LogP contribution in [0, 0.1) is 18.8 Å². The maximum absolute atomic E-state index is 12.2. The molecule has 2 aliphatic rings. The van der Waals surface area contributed by atoms with Gasteiger partial charge in [-0.25, -0.2) is 0 Å². The first-order valence-electron chi connectivity index (χ1n) is 8.62. The van der Waals surface area contributed by atoms with Crippen LogP contribution in [0.5, 0.6) is 0 Å². The van der Waals surface area contributed by atoms with Gasteiger partial charge in [-0.2, -0.15) is 10.2 Å². The van der Waals surface area contributed by atoms with Gasteiger partial charge in [-0.3, -0.25) is 9.69 Å². The van der Waals surface area contributed by atoms with Gasteiger partial charge in [0.15, 0.2) is 0 Å². The fraction of sp³-hybridized carbons (Fsp3) is 0.500. The summed E-state index contributed by atoms with van der Waals surface area (Å²) in [5.41, 5.74) is 1.92. The lowest BCUT2D eigenvalue weighted by molar-refractivity contribution is 0.0904. The number of ether oxygens (including phenoxy) is 1. The third kappa shape index (κ3) is 3.58. The van der Waals surface area contributed by atoms with Crippen molar-refractivity contribution in [2.75, 3.05) is 26.2 Å². The molecule has 0 aromatic carbocycles. The first-order chi connectivity index (χ1) is 12.2. The Morgan fingerprint density at radius 2 is 2.32 bits per heavy atom. The van der Waals surface area contributed by atoms with E-state index in [1.165, 1.54) is 22.8 Å². The number of carbonyl (C=O) groups is 1. The lowest BCUT2D eigenvalue weighted by Gasteiger charge is -2.19. The van der Waals surface area contributed by atoms with Crippen molar-refractivity contribution in [3.05, 3.63) is 45.9 Å². The van der Waals surface area contributed by atoms with Gasteiger partial charge in [0, 0.05) is 42.9 Å². The quantitative estimate of drug-likeness (QED) is 0.882. The number of likely N-dealkylation sites (tertiary alicyclic amines) is 1. The lowest BCUT2D eigenvalue weighted by Crippen LogP contribution is -2.34. The van der Waals surface area contributed by atoms with Crippen molar-refractivity contribution in [3.8, 4) is 0 Å². The van der Waals surface area contributed by atoms with Crippen LogP contribution in [-0.4, -0.2) is 53.3 Å². The normalized spacial score (nSPS) is 25.9. The zero-order valence-electron chi connectivity index (χ0n) is 14.2. The molecule has 2 aliphatic heterocycles. The molecular formula is C18H22N4O2S. The van der Waals surface area contributed by atoms with Gasteiger partial charge < -0.3 is 10.1 Å². The Kier molecular flexibility index (Phi) is 4.78. The smallest absolute Gasteiger partial charge is 0.252 e. The fourth-order valence-corrected chi connectivity index (χ4v) is 4.69. The SMILES string of the molecule is Cc1ccsc1CN1C[C@H]2[C@H](CNC(=O)c3ccnnc3)CO[C@H]2C1. The molecule has 2 fully saturated rings. The summed E-state index contributed by atoms with van der Waals surface area (Å²) in [5.74, 6) is 0.775. The highest BCUT2D eigenvalue weighted by atomic mass is 32.1. The van der Waals surface area contributed by atoms with E-state index in [4.69, 9.17) is 4.74 Å². The summed E-state index contributed by atoms with van der Waals surface area (Å²) in [6, 6.07) is 3.86. The van der Waals surface area contributed by atoms with Crippen LogP contribution in [0.4, 0.5) is 0 Å². The molecule has 0 saturated carbocycles. The minimum atomic E-state index is -0.0950. The molecular weight excluding hydrogens is 336 g/mol. The van der Waals surface area contributed by atoms with Crippen LogP contribution in [0.15, 0.2) is 29.9 Å². The highest BCUT2D eigenvalue weighted by Crippen LogP contribution is 2.34. The van der Waals surface area contributed by atoms with E-state index in [1.807, 2.05) is 11.3 Å². The summed E-state index contributed by atoms with van der Waals surface area (Å²) >= 11 is 1.83. The molecule has 2 aromatic heterocycles. The second-order valence-electron chi connectivity index (χ2n) is 6.86. The summed E-state index contributed by atoms with van der Waals surface area (Å²) in [4.78, 5) is 16.1. The van der Waals surface area contributed by atoms with Crippen molar-refractivity contribution in [3.63, 3.8) is 0 Å². The number of hydrogen-bond donors (Lipinski definition) is 1. The third-order valence-corrected chi connectivity index (χ3v) is 6.23. The molecule has 0 radical (unpaired) electrons. The number of aromatic nitrogens is 2. The first-order valence-corrected chi connectivity index (χ1v) is 9.50. The van der Waals surface area contributed by atoms with Crippen LogP contribution in [0.2, 0.25) is 0 Å². The van der Waals surface area contributed by atoms with E-state index in [0.717, 1.165) is 26.2 Å². The molecule has 1 amide bonds. The number of rotatable bonds is 5. The van der Waals surface area contributed by atoms with Crippen LogP contribution < -0.4 is 5.32 Å². The van der Waals surface area contributed by atoms with Gasteiger partial charge in [0.25, 0.3) is 5.91 Å². The Morgan fingerprint density at radius 1 is 1.40 bits per heavy atom. The second-order valence-corrected chi connectivity index (χ2v) is 7.86. The lowest BCUT2D eigenvalue weighted by atomic mass is 9.93. The maximum Gasteiger partial charge on any atom is 0.252 e. The van der Waals surface area contributed by atoms with Crippen LogP contribution in [0.25, 0.3) is 0 Å². The van der Waals surface area contributed by atoms with Crippen LogP contribution >= 0.6 is 11.3 Å². The summed E-state index contributed by atoms with van der Waals surface area (Å²) in [5, 5.41) is 12.6. The van der Waals surface area contributed by atoms with Gasteiger partial charge in [0.1, 0.15) is 0 Å². The molecule has 1 N–H and O–H groups in total. The number of hydrogen-bond acceptors (Lipinski definition) is 6. The average Bonchev–Trinajstić information content (AvgIpc) is 3.31. The Hall–Kier alpha value is -1.83. The molecule has 0 bridgehead atoms. The van der Waals surface area contributed by atoms with E-state index in [9.17, 15) is 4.79 Å². The third-order valence-electron chi connectivity index (χ3n) is 5.22. The number of thiophene rings is 1. The molecule has 2 saturated heterocycles. The summed E-state index contributed by atoms with van der Waals surface area (Å²) in [6.45, 7) is 6.58. The van der Waals surface area contributed by atoms with Gasteiger partial charge >= 0.3 is 0 Å². The Morgan fingerprint density at radius 3 is 3.08 bits per heavy atom. The molecule has 4 rings (SSSR count). The van der Waals surface area contributed by atoms with Crippen LogP contribution in [-0.2, 0) is 11.3 Å². The standard InChI is InChI=1S/C18H22N4O2S/c1-12-3-5-25-17(12)10-22-8-15-14(11-24-16(15)9-22)6-19-18(23)13-2-4-20-21-7-13/h2-5,7,14-16H,6,8-11H2,1H3,(H,19,23)/t14-,15+,16+/m1/s1. The Labute approximate surface area is 151 Å². The minimum Gasteiger partial charge on any atom is -0.376 e. The van der Waals surface area contributed by atoms with Crippen molar-refractivity contribution in [1.82, 2.24) is 20.4 Å². The van der Waals surface area contributed by atoms with E-state index in [0.29, 0.717) is 30.0 Å². The molecule has 0 spiro atoms. The Bertz CT molecular complexity index is 736. The molecule has 3 atom stereocenters. The highest BCUT2D eigenvalue weighted by molar-refractivity contribution is 7.10.